The highest BCUT2D eigenvalue weighted by Crippen LogP contribution is 2.36. The molecule has 1 atom stereocenters. The van der Waals surface area contributed by atoms with Crippen LogP contribution in [0.5, 0.6) is 0 Å². The van der Waals surface area contributed by atoms with E-state index in [0.29, 0.717) is 0 Å². The largest absolute Gasteiger partial charge is 0.344 e. The molecule has 0 aliphatic carbocycles. The SMILES string of the molecule is O=C=CC1(Cl)NC(Cl)=C(c2cccc([N+](=O)[O-])c2)N(OCc2ccccc2)C1=O. The molecule has 1 heterocycles. The van der Waals surface area contributed by atoms with Crippen LogP contribution in [0.25, 0.3) is 5.70 Å². The van der Waals surface area contributed by atoms with Gasteiger partial charge in [0, 0.05) is 17.7 Å². The Bertz CT molecular complexity index is 1040. The van der Waals surface area contributed by atoms with Gasteiger partial charge in [-0.3, -0.25) is 19.7 Å². The second kappa shape index (κ2) is 8.46. The number of non-ortho nitro benzene ring substituents is 1. The molecule has 10 heteroatoms. The van der Waals surface area contributed by atoms with Gasteiger partial charge in [0.25, 0.3) is 11.6 Å². The molecule has 1 N–H and O–H groups in total. The van der Waals surface area contributed by atoms with Gasteiger partial charge in [0.1, 0.15) is 23.4 Å². The third kappa shape index (κ3) is 4.31. The Hall–Kier alpha value is -3.16. The first-order valence-corrected chi connectivity index (χ1v) is 8.96. The Labute approximate surface area is 175 Å². The summed E-state index contributed by atoms with van der Waals surface area (Å²) in [5, 5.41) is 14.3. The number of nitrogens with zero attached hydrogens (tertiary/aromatic N) is 2. The highest BCUT2D eigenvalue weighted by atomic mass is 35.5. The summed E-state index contributed by atoms with van der Waals surface area (Å²) in [6.45, 7) is -0.0209. The number of hydroxylamine groups is 2. The molecule has 0 spiro atoms. The molecule has 8 nitrogen and oxygen atoms in total. The Morgan fingerprint density at radius 1 is 1.24 bits per heavy atom. The number of nitro benzene ring substituents is 1. The van der Waals surface area contributed by atoms with E-state index in [1.807, 2.05) is 6.07 Å². The molecule has 1 amide bonds. The first-order chi connectivity index (χ1) is 13.9. The Balaban J connectivity index is 2.06. The summed E-state index contributed by atoms with van der Waals surface area (Å²) in [7, 11) is 0. The molecule has 0 saturated carbocycles. The van der Waals surface area contributed by atoms with Gasteiger partial charge in [-0.2, -0.15) is 5.06 Å². The fourth-order valence-corrected chi connectivity index (χ4v) is 3.24. The molecule has 1 aliphatic rings. The van der Waals surface area contributed by atoms with E-state index in [-0.39, 0.29) is 28.7 Å². The number of benzene rings is 2. The lowest BCUT2D eigenvalue weighted by Gasteiger charge is -2.37. The minimum Gasteiger partial charge on any atom is -0.344 e. The molecule has 3 rings (SSSR count). The van der Waals surface area contributed by atoms with Gasteiger partial charge in [0.05, 0.1) is 11.0 Å². The van der Waals surface area contributed by atoms with Crippen LogP contribution < -0.4 is 5.32 Å². The van der Waals surface area contributed by atoms with E-state index in [9.17, 15) is 19.7 Å². The number of carbonyl (C=O) groups excluding carboxylic acids is 2. The molecule has 0 bridgehead atoms. The molecule has 0 saturated heterocycles. The molecule has 0 radical (unpaired) electrons. The summed E-state index contributed by atoms with van der Waals surface area (Å²) in [6, 6.07) is 14.5. The van der Waals surface area contributed by atoms with Crippen LogP contribution in [0.4, 0.5) is 5.69 Å². The zero-order valence-corrected chi connectivity index (χ0v) is 16.2. The first kappa shape index (κ1) is 20.6. The van der Waals surface area contributed by atoms with E-state index in [1.54, 1.807) is 24.3 Å². The highest BCUT2D eigenvalue weighted by molar-refractivity contribution is 6.41. The Kier molecular flexibility index (Phi) is 6.00. The van der Waals surface area contributed by atoms with E-state index in [1.165, 1.54) is 30.2 Å². The zero-order valence-electron chi connectivity index (χ0n) is 14.7. The van der Waals surface area contributed by atoms with Gasteiger partial charge in [0.2, 0.25) is 5.00 Å². The van der Waals surface area contributed by atoms with Crippen molar-refractivity contribution in [2.75, 3.05) is 0 Å². The maximum atomic E-state index is 13.0. The van der Waals surface area contributed by atoms with Crippen molar-refractivity contribution >= 4 is 46.4 Å². The van der Waals surface area contributed by atoms with Crippen LogP contribution in [0, 0.1) is 10.1 Å². The molecule has 29 heavy (non-hydrogen) atoms. The first-order valence-electron chi connectivity index (χ1n) is 8.21. The lowest BCUT2D eigenvalue weighted by molar-refractivity contribution is -0.384. The fraction of sp³-hybridized carbons (Fsp3) is 0.105. The van der Waals surface area contributed by atoms with Gasteiger partial charge in [-0.25, -0.2) is 4.79 Å². The third-order valence-corrected chi connectivity index (χ3v) is 4.63. The van der Waals surface area contributed by atoms with E-state index in [0.717, 1.165) is 16.7 Å². The van der Waals surface area contributed by atoms with Gasteiger partial charge in [-0.05, 0) is 5.56 Å². The van der Waals surface area contributed by atoms with Crippen molar-refractivity contribution in [3.05, 3.63) is 87.1 Å². The van der Waals surface area contributed by atoms with Gasteiger partial charge in [-0.1, -0.05) is 65.7 Å². The lowest BCUT2D eigenvalue weighted by atomic mass is 10.1. The number of nitrogens with one attached hydrogen (secondary N) is 1. The second-order valence-corrected chi connectivity index (χ2v) is 6.90. The van der Waals surface area contributed by atoms with E-state index >= 15 is 0 Å². The maximum absolute atomic E-state index is 13.0. The van der Waals surface area contributed by atoms with Gasteiger partial charge >= 0.3 is 0 Å². The second-order valence-electron chi connectivity index (χ2n) is 5.93. The molecule has 148 valence electrons. The molecule has 2 aromatic carbocycles. The van der Waals surface area contributed by atoms with E-state index in [2.05, 4.69) is 5.32 Å². The zero-order chi connectivity index (χ0) is 21.0. The molecule has 0 aromatic heterocycles. The predicted molar refractivity (Wildman–Crippen MR) is 106 cm³/mol. The standard InChI is InChI=1S/C19H13Cl2N3O5/c20-17-16(14-7-4-8-15(11-14)24(27)28)23(18(26)19(21,22-17)9-10-25)29-12-13-5-2-1-3-6-13/h1-9,11,22H,12H2. The number of rotatable bonds is 6. The van der Waals surface area contributed by atoms with E-state index < -0.39 is 15.8 Å². The van der Waals surface area contributed by atoms with Crippen molar-refractivity contribution in [1.82, 2.24) is 10.4 Å². The number of nitro groups is 1. The van der Waals surface area contributed by atoms with Crippen molar-refractivity contribution in [2.24, 2.45) is 0 Å². The van der Waals surface area contributed by atoms with Crippen LogP contribution >= 0.6 is 23.2 Å². The number of amides is 1. The summed E-state index contributed by atoms with van der Waals surface area (Å²) in [6.07, 6.45) is 0.766. The van der Waals surface area contributed by atoms with Crippen LogP contribution in [0.3, 0.4) is 0 Å². The number of carbonyl (C=O) groups is 1. The maximum Gasteiger partial charge on any atom is 0.297 e. The summed E-state index contributed by atoms with van der Waals surface area (Å²) in [5.41, 5.74) is 0.809. The quantitative estimate of drug-likeness (QED) is 0.246. The normalized spacial score (nSPS) is 18.8. The molecule has 0 fully saturated rings. The summed E-state index contributed by atoms with van der Waals surface area (Å²) >= 11 is 12.5. The van der Waals surface area contributed by atoms with Crippen LogP contribution in [-0.2, 0) is 21.0 Å². The van der Waals surface area contributed by atoms with Crippen LogP contribution in [0.1, 0.15) is 11.1 Å². The van der Waals surface area contributed by atoms with Crippen molar-refractivity contribution in [3.63, 3.8) is 0 Å². The fourth-order valence-electron chi connectivity index (χ4n) is 2.64. The van der Waals surface area contributed by atoms with Gasteiger partial charge in [0.15, 0.2) is 0 Å². The van der Waals surface area contributed by atoms with Crippen molar-refractivity contribution in [3.8, 4) is 0 Å². The van der Waals surface area contributed by atoms with E-state index in [4.69, 9.17) is 28.0 Å². The van der Waals surface area contributed by atoms with Crippen molar-refractivity contribution in [1.29, 1.82) is 0 Å². The minimum absolute atomic E-state index is 0.0203. The van der Waals surface area contributed by atoms with Crippen LogP contribution in [0.15, 0.2) is 65.8 Å². The van der Waals surface area contributed by atoms with Gasteiger partial charge in [-0.15, -0.1) is 0 Å². The van der Waals surface area contributed by atoms with Crippen molar-refractivity contribution < 1.29 is 19.3 Å². The van der Waals surface area contributed by atoms with Crippen LogP contribution in [0.2, 0.25) is 0 Å². The summed E-state index contributed by atoms with van der Waals surface area (Å²) in [4.78, 5) is 38.0. The summed E-state index contributed by atoms with van der Waals surface area (Å²) < 4.78 is 0. The molecular formula is C19H13Cl2N3O5. The average Bonchev–Trinajstić information content (AvgIpc) is 2.70. The summed E-state index contributed by atoms with van der Waals surface area (Å²) in [5.74, 6) is 0.602. The predicted octanol–water partition coefficient (Wildman–Crippen LogP) is 3.35. The van der Waals surface area contributed by atoms with Gasteiger partial charge < -0.3 is 5.32 Å². The number of halogens is 2. The third-order valence-electron chi connectivity index (χ3n) is 3.99. The lowest BCUT2D eigenvalue weighted by Crippen LogP contribution is -2.56. The molecule has 2 aromatic rings. The Morgan fingerprint density at radius 2 is 1.97 bits per heavy atom. The monoisotopic (exact) mass is 433 g/mol. The number of hydrogen-bond acceptors (Lipinski definition) is 6. The van der Waals surface area contributed by atoms with Crippen LogP contribution in [-0.4, -0.2) is 26.8 Å². The molecular weight excluding hydrogens is 421 g/mol. The topological polar surface area (TPSA) is 102 Å². The minimum atomic E-state index is -2.01. The Morgan fingerprint density at radius 3 is 2.62 bits per heavy atom. The molecule has 1 unspecified atom stereocenters. The average molecular weight is 434 g/mol. The number of hydrogen-bond donors (Lipinski definition) is 1. The highest BCUT2D eigenvalue weighted by Gasteiger charge is 2.46. The molecule has 1 aliphatic heterocycles. The smallest absolute Gasteiger partial charge is 0.297 e. The number of alkyl halides is 1. The van der Waals surface area contributed by atoms with Crippen molar-refractivity contribution in [2.45, 2.75) is 11.6 Å².